The minimum Gasteiger partial charge on any atom is -0.392 e. The number of nitrogens with zero attached hydrogens (tertiary/aromatic N) is 1. The van der Waals surface area contributed by atoms with Crippen molar-refractivity contribution in [1.29, 1.82) is 0 Å². The van der Waals surface area contributed by atoms with Gasteiger partial charge in [0.15, 0.2) is 0 Å². The number of piperidine rings is 2. The van der Waals surface area contributed by atoms with Gasteiger partial charge in [0.1, 0.15) is 0 Å². The van der Waals surface area contributed by atoms with Crippen molar-refractivity contribution in [3.05, 3.63) is 0 Å². The second-order valence-electron chi connectivity index (χ2n) is 7.26. The lowest BCUT2D eigenvalue weighted by molar-refractivity contribution is -0.123. The number of unbranched alkanes of at least 4 members (excludes halogenated alkanes) is 1. The van der Waals surface area contributed by atoms with Crippen molar-refractivity contribution < 1.29 is 5.11 Å². The van der Waals surface area contributed by atoms with E-state index in [0.717, 1.165) is 24.9 Å². The van der Waals surface area contributed by atoms with E-state index in [1.165, 1.54) is 64.2 Å². The highest BCUT2D eigenvalue weighted by molar-refractivity contribution is 5.07. The smallest absolute Gasteiger partial charge is 0.0668 e. The van der Waals surface area contributed by atoms with Gasteiger partial charge in [-0.2, -0.15) is 0 Å². The van der Waals surface area contributed by atoms with Gasteiger partial charge in [0, 0.05) is 18.1 Å². The molecule has 2 saturated heterocycles. The maximum Gasteiger partial charge on any atom is 0.0668 e. The van der Waals surface area contributed by atoms with E-state index in [2.05, 4.69) is 11.8 Å². The molecule has 2 heteroatoms. The van der Waals surface area contributed by atoms with Crippen molar-refractivity contribution in [2.45, 2.75) is 95.2 Å². The Morgan fingerprint density at radius 2 is 2.00 bits per heavy atom. The molecule has 3 fully saturated rings. The zero-order valence-electron chi connectivity index (χ0n) is 12.6. The van der Waals surface area contributed by atoms with Crippen LogP contribution in [0, 0.1) is 5.92 Å². The van der Waals surface area contributed by atoms with Crippen molar-refractivity contribution in [3.8, 4) is 0 Å². The molecule has 1 aliphatic carbocycles. The van der Waals surface area contributed by atoms with Crippen LogP contribution in [0.5, 0.6) is 0 Å². The van der Waals surface area contributed by atoms with Crippen LogP contribution >= 0.6 is 0 Å². The summed E-state index contributed by atoms with van der Waals surface area (Å²) in [7, 11) is 0. The van der Waals surface area contributed by atoms with Gasteiger partial charge < -0.3 is 5.11 Å². The standard InChI is InChI=1S/C17H31NO/c1-2-3-7-15-9-8-14-6-4-5-11-17(14)12-10-16(19)13-18(15)17/h14-16,19H,2-13H2,1H3/t14-,15+,16+,17-/m0/s1. The van der Waals surface area contributed by atoms with Crippen molar-refractivity contribution in [2.24, 2.45) is 5.92 Å². The Bertz CT molecular complexity index is 306. The lowest BCUT2D eigenvalue weighted by Crippen LogP contribution is -2.66. The Kier molecular flexibility index (Phi) is 4.19. The summed E-state index contributed by atoms with van der Waals surface area (Å²) >= 11 is 0. The predicted octanol–water partition coefficient (Wildman–Crippen LogP) is 3.72. The SMILES string of the molecule is CCCC[C@@H]1CC[C@@H]2CCCC[C@]23CC[C@@H](O)CN13. The molecule has 0 unspecified atom stereocenters. The van der Waals surface area contributed by atoms with Crippen LogP contribution in [0.25, 0.3) is 0 Å². The average molecular weight is 265 g/mol. The highest BCUT2D eigenvalue weighted by atomic mass is 16.3. The number of hydrogen-bond acceptors (Lipinski definition) is 2. The number of aliphatic hydroxyl groups is 1. The fourth-order valence-corrected chi connectivity index (χ4v) is 5.28. The van der Waals surface area contributed by atoms with Crippen LogP contribution in [-0.2, 0) is 0 Å². The average Bonchev–Trinajstić information content (AvgIpc) is 2.44. The molecule has 0 aromatic carbocycles. The van der Waals surface area contributed by atoms with Crippen LogP contribution in [0.15, 0.2) is 0 Å². The second-order valence-corrected chi connectivity index (χ2v) is 7.26. The highest BCUT2D eigenvalue weighted by Crippen LogP contribution is 2.51. The van der Waals surface area contributed by atoms with Crippen LogP contribution < -0.4 is 0 Å². The zero-order valence-corrected chi connectivity index (χ0v) is 12.6. The summed E-state index contributed by atoms with van der Waals surface area (Å²) in [4.78, 5) is 2.80. The van der Waals surface area contributed by atoms with Gasteiger partial charge in [0.05, 0.1) is 6.10 Å². The van der Waals surface area contributed by atoms with E-state index in [4.69, 9.17) is 0 Å². The minimum atomic E-state index is -0.0598. The third kappa shape index (κ3) is 2.47. The molecule has 4 atom stereocenters. The van der Waals surface area contributed by atoms with E-state index in [-0.39, 0.29) is 6.10 Å². The molecule has 0 aromatic heterocycles. The van der Waals surface area contributed by atoms with Crippen molar-refractivity contribution >= 4 is 0 Å². The van der Waals surface area contributed by atoms with Gasteiger partial charge >= 0.3 is 0 Å². The molecular formula is C17H31NO. The van der Waals surface area contributed by atoms with Gasteiger partial charge in [-0.25, -0.2) is 0 Å². The fraction of sp³-hybridized carbons (Fsp3) is 1.00. The maximum absolute atomic E-state index is 10.1. The lowest BCUT2D eigenvalue weighted by Gasteiger charge is -2.61. The van der Waals surface area contributed by atoms with E-state index < -0.39 is 0 Å². The zero-order chi connectivity index (χ0) is 13.3. The van der Waals surface area contributed by atoms with Gasteiger partial charge in [-0.15, -0.1) is 0 Å². The van der Waals surface area contributed by atoms with E-state index in [1.54, 1.807) is 0 Å². The minimum absolute atomic E-state index is 0.0598. The van der Waals surface area contributed by atoms with E-state index in [0.29, 0.717) is 5.54 Å². The summed E-state index contributed by atoms with van der Waals surface area (Å²) in [5.74, 6) is 0.937. The van der Waals surface area contributed by atoms with Gasteiger partial charge in [-0.1, -0.05) is 32.6 Å². The van der Waals surface area contributed by atoms with Crippen molar-refractivity contribution in [1.82, 2.24) is 4.90 Å². The number of aliphatic hydroxyl groups excluding tert-OH is 1. The normalized spacial score (nSPS) is 43.6. The van der Waals surface area contributed by atoms with Crippen LogP contribution in [-0.4, -0.2) is 34.2 Å². The van der Waals surface area contributed by atoms with E-state index in [1.807, 2.05) is 0 Å². The summed E-state index contributed by atoms with van der Waals surface area (Å²) in [5, 5.41) is 10.1. The van der Waals surface area contributed by atoms with Gasteiger partial charge in [0.25, 0.3) is 0 Å². The Morgan fingerprint density at radius 3 is 2.84 bits per heavy atom. The second kappa shape index (κ2) is 5.73. The molecule has 3 rings (SSSR count). The third-order valence-corrected chi connectivity index (χ3v) is 6.24. The first-order chi connectivity index (χ1) is 9.26. The number of rotatable bonds is 3. The molecule has 110 valence electrons. The molecule has 19 heavy (non-hydrogen) atoms. The molecule has 0 aromatic rings. The van der Waals surface area contributed by atoms with Crippen LogP contribution in [0.2, 0.25) is 0 Å². The molecule has 3 aliphatic rings. The Hall–Kier alpha value is -0.0800. The fourth-order valence-electron chi connectivity index (χ4n) is 5.28. The Morgan fingerprint density at radius 1 is 1.11 bits per heavy atom. The van der Waals surface area contributed by atoms with Gasteiger partial charge in [0.2, 0.25) is 0 Å². The summed E-state index contributed by atoms with van der Waals surface area (Å²) in [6.07, 6.45) is 14.9. The molecule has 2 aliphatic heterocycles. The first-order valence-electron chi connectivity index (χ1n) is 8.71. The Labute approximate surface area is 118 Å². The first-order valence-corrected chi connectivity index (χ1v) is 8.71. The van der Waals surface area contributed by atoms with Gasteiger partial charge in [-0.3, -0.25) is 4.90 Å². The quantitative estimate of drug-likeness (QED) is 0.840. The van der Waals surface area contributed by atoms with Crippen LogP contribution in [0.3, 0.4) is 0 Å². The molecule has 0 bridgehead atoms. The Balaban J connectivity index is 1.80. The van der Waals surface area contributed by atoms with Gasteiger partial charge in [-0.05, 0) is 50.9 Å². The van der Waals surface area contributed by atoms with Crippen LogP contribution in [0.1, 0.15) is 77.6 Å². The van der Waals surface area contributed by atoms with Crippen LogP contribution in [0.4, 0.5) is 0 Å². The predicted molar refractivity (Wildman–Crippen MR) is 79.2 cm³/mol. The molecule has 0 amide bonds. The van der Waals surface area contributed by atoms with Crippen molar-refractivity contribution in [3.63, 3.8) is 0 Å². The number of β-amino-alcohol motifs (C(OH)–C–C–N with tert-alkyl or cyclic N) is 1. The molecule has 1 N–H and O–H groups in total. The molecular weight excluding hydrogens is 234 g/mol. The summed E-state index contributed by atoms with van der Waals surface area (Å²) < 4.78 is 0. The summed E-state index contributed by atoms with van der Waals surface area (Å²) in [6, 6.07) is 0.768. The van der Waals surface area contributed by atoms with Crippen molar-refractivity contribution in [2.75, 3.05) is 6.54 Å². The van der Waals surface area contributed by atoms with E-state index in [9.17, 15) is 5.11 Å². The maximum atomic E-state index is 10.1. The van der Waals surface area contributed by atoms with E-state index >= 15 is 0 Å². The monoisotopic (exact) mass is 265 g/mol. The summed E-state index contributed by atoms with van der Waals surface area (Å²) in [5.41, 5.74) is 0.494. The molecule has 0 radical (unpaired) electrons. The topological polar surface area (TPSA) is 23.5 Å². The molecule has 2 heterocycles. The number of hydrogen-bond donors (Lipinski definition) is 1. The molecule has 1 spiro atoms. The lowest BCUT2D eigenvalue weighted by atomic mass is 9.62. The third-order valence-electron chi connectivity index (χ3n) is 6.24. The summed E-state index contributed by atoms with van der Waals surface area (Å²) in [6.45, 7) is 3.26. The largest absolute Gasteiger partial charge is 0.392 e. The highest BCUT2D eigenvalue weighted by Gasteiger charge is 2.52. The molecule has 2 nitrogen and oxygen atoms in total. The molecule has 1 saturated carbocycles. The first kappa shape index (κ1) is 13.9.